The fourth-order valence-electron chi connectivity index (χ4n) is 2.81. The van der Waals surface area contributed by atoms with E-state index in [-0.39, 0.29) is 22.9 Å². The maximum atomic E-state index is 12.7. The Balaban J connectivity index is 1.82. The van der Waals surface area contributed by atoms with Crippen LogP contribution < -0.4 is 5.32 Å². The quantitative estimate of drug-likeness (QED) is 0.874. The van der Waals surface area contributed by atoms with Crippen molar-refractivity contribution in [1.29, 1.82) is 0 Å². The van der Waals surface area contributed by atoms with Crippen LogP contribution in [-0.4, -0.2) is 42.9 Å². The van der Waals surface area contributed by atoms with Gasteiger partial charge in [0.15, 0.2) is 0 Å². The standard InChI is InChI=1S/C18H20N2O4S/c21-16-9-5-11-20(13-16)25(23,24)17-10-4-6-14(12-17)18(22)19-15-7-2-1-3-8-15/h1-4,6-8,10,12,16,21H,5,9,11,13H2,(H,19,22)/t16-/m1/s1. The normalized spacial score (nSPS) is 18.7. The molecule has 132 valence electrons. The highest BCUT2D eigenvalue weighted by atomic mass is 32.2. The Morgan fingerprint density at radius 3 is 2.60 bits per heavy atom. The fourth-order valence-corrected chi connectivity index (χ4v) is 4.37. The van der Waals surface area contributed by atoms with Crippen LogP contribution in [0.15, 0.2) is 59.5 Å². The first-order valence-corrected chi connectivity index (χ1v) is 9.55. The number of carbonyl (C=O) groups is 1. The van der Waals surface area contributed by atoms with Crippen LogP contribution >= 0.6 is 0 Å². The van der Waals surface area contributed by atoms with Gasteiger partial charge in [0.05, 0.1) is 11.0 Å². The van der Waals surface area contributed by atoms with E-state index in [0.717, 1.165) is 0 Å². The average Bonchev–Trinajstić information content (AvgIpc) is 2.62. The van der Waals surface area contributed by atoms with E-state index in [1.165, 1.54) is 16.4 Å². The molecular weight excluding hydrogens is 340 g/mol. The van der Waals surface area contributed by atoms with Crippen LogP contribution in [0, 0.1) is 0 Å². The number of hydrogen-bond acceptors (Lipinski definition) is 4. The van der Waals surface area contributed by atoms with Gasteiger partial charge in [0.1, 0.15) is 0 Å². The number of β-amino-alcohol motifs (C(OH)–C–C–N with tert-alkyl or cyclic N) is 1. The predicted octanol–water partition coefficient (Wildman–Crippen LogP) is 2.08. The van der Waals surface area contributed by atoms with Crippen molar-refractivity contribution in [2.24, 2.45) is 0 Å². The first-order valence-electron chi connectivity index (χ1n) is 8.11. The highest BCUT2D eigenvalue weighted by Gasteiger charge is 2.29. The minimum Gasteiger partial charge on any atom is -0.392 e. The van der Waals surface area contributed by atoms with Gasteiger partial charge in [-0.3, -0.25) is 4.79 Å². The zero-order valence-corrected chi connectivity index (χ0v) is 14.4. The van der Waals surface area contributed by atoms with Crippen molar-refractivity contribution in [3.8, 4) is 0 Å². The van der Waals surface area contributed by atoms with E-state index in [9.17, 15) is 18.3 Å². The van der Waals surface area contributed by atoms with Crippen LogP contribution in [0.4, 0.5) is 5.69 Å². The van der Waals surface area contributed by atoms with E-state index in [1.807, 2.05) is 6.07 Å². The molecule has 2 aromatic carbocycles. The molecular formula is C18H20N2O4S. The van der Waals surface area contributed by atoms with Gasteiger partial charge in [-0.25, -0.2) is 8.42 Å². The smallest absolute Gasteiger partial charge is 0.255 e. The topological polar surface area (TPSA) is 86.7 Å². The zero-order chi connectivity index (χ0) is 17.9. The maximum Gasteiger partial charge on any atom is 0.255 e. The van der Waals surface area contributed by atoms with Crippen molar-refractivity contribution in [3.05, 3.63) is 60.2 Å². The Morgan fingerprint density at radius 1 is 1.12 bits per heavy atom. The van der Waals surface area contributed by atoms with Crippen molar-refractivity contribution in [2.75, 3.05) is 18.4 Å². The van der Waals surface area contributed by atoms with Gasteiger partial charge in [0, 0.05) is 24.3 Å². The number of rotatable bonds is 4. The SMILES string of the molecule is O=C(Nc1ccccc1)c1cccc(S(=O)(=O)N2CCC[C@@H](O)C2)c1. The van der Waals surface area contributed by atoms with E-state index in [2.05, 4.69) is 5.32 Å². The van der Waals surface area contributed by atoms with Gasteiger partial charge in [0.25, 0.3) is 5.91 Å². The maximum absolute atomic E-state index is 12.7. The Morgan fingerprint density at radius 2 is 1.88 bits per heavy atom. The van der Waals surface area contributed by atoms with Crippen molar-refractivity contribution in [1.82, 2.24) is 4.31 Å². The molecule has 1 atom stereocenters. The van der Waals surface area contributed by atoms with Crippen LogP contribution in [-0.2, 0) is 10.0 Å². The Labute approximate surface area is 147 Å². The summed E-state index contributed by atoms with van der Waals surface area (Å²) < 4.78 is 26.8. The number of nitrogens with zero attached hydrogens (tertiary/aromatic N) is 1. The summed E-state index contributed by atoms with van der Waals surface area (Å²) in [5.41, 5.74) is 0.905. The monoisotopic (exact) mass is 360 g/mol. The molecule has 6 nitrogen and oxygen atoms in total. The number of para-hydroxylation sites is 1. The van der Waals surface area contributed by atoms with Gasteiger partial charge in [-0.1, -0.05) is 24.3 Å². The lowest BCUT2D eigenvalue weighted by Gasteiger charge is -2.29. The van der Waals surface area contributed by atoms with Crippen molar-refractivity contribution in [2.45, 2.75) is 23.8 Å². The summed E-state index contributed by atoms with van der Waals surface area (Å²) in [5.74, 6) is -0.373. The molecule has 7 heteroatoms. The number of benzene rings is 2. The van der Waals surface area contributed by atoms with E-state index < -0.39 is 16.1 Å². The molecule has 1 amide bonds. The summed E-state index contributed by atoms with van der Waals surface area (Å²) in [6, 6.07) is 14.9. The highest BCUT2D eigenvalue weighted by Crippen LogP contribution is 2.22. The van der Waals surface area contributed by atoms with E-state index in [4.69, 9.17) is 0 Å². The lowest BCUT2D eigenvalue weighted by atomic mass is 10.1. The molecule has 1 aliphatic rings. The lowest BCUT2D eigenvalue weighted by molar-refractivity contribution is 0.102. The van der Waals surface area contributed by atoms with Gasteiger partial charge in [0.2, 0.25) is 10.0 Å². The summed E-state index contributed by atoms with van der Waals surface area (Å²) in [4.78, 5) is 12.4. The second-order valence-corrected chi connectivity index (χ2v) is 7.95. The number of aliphatic hydroxyl groups excluding tert-OH is 1. The molecule has 2 N–H and O–H groups in total. The molecule has 0 radical (unpaired) electrons. The number of amides is 1. The Kier molecular flexibility index (Phi) is 5.17. The molecule has 0 bridgehead atoms. The molecule has 1 saturated heterocycles. The van der Waals surface area contributed by atoms with Crippen LogP contribution in [0.3, 0.4) is 0 Å². The van der Waals surface area contributed by atoms with Crippen LogP contribution in [0.1, 0.15) is 23.2 Å². The summed E-state index contributed by atoms with van der Waals surface area (Å²) in [6.07, 6.45) is 0.577. The molecule has 1 aliphatic heterocycles. The van der Waals surface area contributed by atoms with E-state index >= 15 is 0 Å². The zero-order valence-electron chi connectivity index (χ0n) is 13.6. The lowest BCUT2D eigenvalue weighted by Crippen LogP contribution is -2.42. The van der Waals surface area contributed by atoms with Gasteiger partial charge < -0.3 is 10.4 Å². The third kappa shape index (κ3) is 4.07. The summed E-state index contributed by atoms with van der Waals surface area (Å²) >= 11 is 0. The van der Waals surface area contributed by atoms with E-state index in [0.29, 0.717) is 25.1 Å². The van der Waals surface area contributed by atoms with E-state index in [1.54, 1.807) is 36.4 Å². The first kappa shape index (κ1) is 17.6. The Bertz CT molecular complexity index is 852. The number of piperidine rings is 1. The highest BCUT2D eigenvalue weighted by molar-refractivity contribution is 7.89. The number of anilines is 1. The van der Waals surface area contributed by atoms with Gasteiger partial charge >= 0.3 is 0 Å². The molecule has 3 rings (SSSR count). The van der Waals surface area contributed by atoms with Gasteiger partial charge in [-0.05, 0) is 43.2 Å². The number of sulfonamides is 1. The Hall–Kier alpha value is -2.22. The minimum absolute atomic E-state index is 0.0577. The molecule has 25 heavy (non-hydrogen) atoms. The van der Waals surface area contributed by atoms with Crippen LogP contribution in [0.2, 0.25) is 0 Å². The average molecular weight is 360 g/mol. The molecule has 0 spiro atoms. The van der Waals surface area contributed by atoms with Gasteiger partial charge in [-0.15, -0.1) is 0 Å². The molecule has 2 aromatic rings. The molecule has 0 unspecified atom stereocenters. The second-order valence-electron chi connectivity index (χ2n) is 6.01. The number of hydrogen-bond donors (Lipinski definition) is 2. The number of nitrogens with one attached hydrogen (secondary N) is 1. The summed E-state index contributed by atoms with van der Waals surface area (Å²) in [7, 11) is -3.73. The number of aliphatic hydroxyl groups is 1. The number of carbonyl (C=O) groups excluding carboxylic acids is 1. The van der Waals surface area contributed by atoms with Crippen LogP contribution in [0.5, 0.6) is 0 Å². The van der Waals surface area contributed by atoms with Crippen molar-refractivity contribution in [3.63, 3.8) is 0 Å². The minimum atomic E-state index is -3.73. The molecule has 1 fully saturated rings. The summed E-state index contributed by atoms with van der Waals surface area (Å²) in [6.45, 7) is 0.461. The predicted molar refractivity (Wildman–Crippen MR) is 94.8 cm³/mol. The third-order valence-corrected chi connectivity index (χ3v) is 5.99. The van der Waals surface area contributed by atoms with Gasteiger partial charge in [-0.2, -0.15) is 4.31 Å². The second kappa shape index (κ2) is 7.35. The first-order chi connectivity index (χ1) is 12.0. The summed E-state index contributed by atoms with van der Waals surface area (Å²) in [5, 5.41) is 12.5. The molecule has 0 saturated carbocycles. The van der Waals surface area contributed by atoms with Crippen molar-refractivity contribution < 1.29 is 18.3 Å². The molecule has 0 aliphatic carbocycles. The van der Waals surface area contributed by atoms with Crippen LogP contribution in [0.25, 0.3) is 0 Å². The largest absolute Gasteiger partial charge is 0.392 e. The molecule has 1 heterocycles. The molecule has 0 aromatic heterocycles. The van der Waals surface area contributed by atoms with Crippen molar-refractivity contribution >= 4 is 21.6 Å². The fraction of sp³-hybridized carbons (Fsp3) is 0.278. The third-order valence-electron chi connectivity index (χ3n) is 4.12.